The number of carbonyl (C=O) groups is 1. The largest absolute Gasteiger partial charge is 0.494 e. The van der Waals surface area contributed by atoms with Crippen molar-refractivity contribution >= 4 is 17.5 Å². The third-order valence-corrected chi connectivity index (χ3v) is 2.47. The van der Waals surface area contributed by atoms with Crippen LogP contribution in [0.25, 0.3) is 0 Å². The summed E-state index contributed by atoms with van der Waals surface area (Å²) < 4.78 is 5.30. The summed E-state index contributed by atoms with van der Waals surface area (Å²) in [6.07, 6.45) is 0.768. The van der Waals surface area contributed by atoms with E-state index in [-0.39, 0.29) is 11.3 Å². The summed E-state index contributed by atoms with van der Waals surface area (Å²) in [5.74, 6) is 0.698. The van der Waals surface area contributed by atoms with Crippen LogP contribution in [0.3, 0.4) is 0 Å². The lowest BCUT2D eigenvalue weighted by Gasteiger charge is -2.07. The van der Waals surface area contributed by atoms with Crippen LogP contribution in [-0.4, -0.2) is 24.4 Å². The van der Waals surface area contributed by atoms with Gasteiger partial charge in [-0.3, -0.25) is 4.79 Å². The topological polar surface area (TPSA) is 38.3 Å². The van der Waals surface area contributed by atoms with Gasteiger partial charge in [-0.25, -0.2) is 0 Å². The predicted octanol–water partition coefficient (Wildman–Crippen LogP) is 2.83. The molecule has 1 unspecified atom stereocenters. The lowest BCUT2D eigenvalue weighted by molar-refractivity contribution is 0.0953. The van der Waals surface area contributed by atoms with Gasteiger partial charge < -0.3 is 10.1 Å². The molecular weight excluding hydrogens is 238 g/mol. The number of carbonyl (C=O) groups excluding carboxylic acids is 1. The van der Waals surface area contributed by atoms with E-state index in [0.717, 1.165) is 12.2 Å². The molecule has 1 rings (SSSR count). The highest BCUT2D eigenvalue weighted by Gasteiger charge is 2.05. The summed E-state index contributed by atoms with van der Waals surface area (Å²) in [5, 5.41) is 2.90. The van der Waals surface area contributed by atoms with Gasteiger partial charge in [-0.2, -0.15) is 0 Å². The Hall–Kier alpha value is -1.22. The zero-order chi connectivity index (χ0) is 12.7. The van der Waals surface area contributed by atoms with Crippen molar-refractivity contribution in [2.75, 3.05) is 13.2 Å². The van der Waals surface area contributed by atoms with Gasteiger partial charge in [0, 0.05) is 17.5 Å². The number of rotatable bonds is 6. The summed E-state index contributed by atoms with van der Waals surface area (Å²) >= 11 is 5.79. The van der Waals surface area contributed by atoms with Crippen LogP contribution in [-0.2, 0) is 0 Å². The van der Waals surface area contributed by atoms with Crippen molar-refractivity contribution in [3.8, 4) is 5.75 Å². The predicted molar refractivity (Wildman–Crippen MR) is 69.9 cm³/mol. The summed E-state index contributed by atoms with van der Waals surface area (Å²) in [6, 6.07) is 7.10. The minimum Gasteiger partial charge on any atom is -0.494 e. The lowest BCUT2D eigenvalue weighted by atomic mass is 10.2. The molecule has 1 N–H and O–H groups in total. The first-order valence-electron chi connectivity index (χ1n) is 5.78. The van der Waals surface area contributed by atoms with Gasteiger partial charge in [-0.1, -0.05) is 0 Å². The Bertz CT molecular complexity index is 349. The summed E-state index contributed by atoms with van der Waals surface area (Å²) in [7, 11) is 0. The van der Waals surface area contributed by atoms with E-state index in [1.165, 1.54) is 0 Å². The van der Waals surface area contributed by atoms with Gasteiger partial charge in [0.05, 0.1) is 6.61 Å². The molecule has 17 heavy (non-hydrogen) atoms. The van der Waals surface area contributed by atoms with Crippen LogP contribution in [0.2, 0.25) is 0 Å². The summed E-state index contributed by atoms with van der Waals surface area (Å²) in [5.41, 5.74) is 0.635. The van der Waals surface area contributed by atoms with Gasteiger partial charge in [-0.05, 0) is 44.5 Å². The smallest absolute Gasteiger partial charge is 0.251 e. The quantitative estimate of drug-likeness (QED) is 0.794. The first kappa shape index (κ1) is 13.8. The first-order valence-corrected chi connectivity index (χ1v) is 6.22. The Morgan fingerprint density at radius 3 is 2.59 bits per heavy atom. The molecule has 1 aromatic carbocycles. The molecule has 0 spiro atoms. The molecule has 1 amide bonds. The fourth-order valence-corrected chi connectivity index (χ4v) is 1.46. The molecule has 1 aromatic rings. The molecule has 0 aliphatic heterocycles. The van der Waals surface area contributed by atoms with Crippen molar-refractivity contribution in [1.29, 1.82) is 0 Å². The molecule has 0 bridgehead atoms. The van der Waals surface area contributed by atoms with Crippen molar-refractivity contribution < 1.29 is 9.53 Å². The molecule has 0 aliphatic carbocycles. The van der Waals surface area contributed by atoms with Crippen LogP contribution in [0.4, 0.5) is 0 Å². The Balaban J connectivity index is 2.46. The zero-order valence-corrected chi connectivity index (χ0v) is 11.0. The van der Waals surface area contributed by atoms with Crippen molar-refractivity contribution in [2.45, 2.75) is 25.6 Å². The molecule has 94 valence electrons. The van der Waals surface area contributed by atoms with Crippen LogP contribution in [0.15, 0.2) is 24.3 Å². The second-order valence-electron chi connectivity index (χ2n) is 3.78. The minimum absolute atomic E-state index is 0.0784. The van der Waals surface area contributed by atoms with Crippen molar-refractivity contribution in [2.24, 2.45) is 0 Å². The van der Waals surface area contributed by atoms with Crippen LogP contribution in [0, 0.1) is 0 Å². The Labute approximate surface area is 107 Å². The Morgan fingerprint density at radius 1 is 1.41 bits per heavy atom. The standard InChI is InChI=1S/C13H18ClNO2/c1-3-17-12-6-4-11(5-7-12)13(16)15-9-8-10(2)14/h4-7,10H,3,8-9H2,1-2H3,(H,15,16). The van der Waals surface area contributed by atoms with Gasteiger partial charge in [0.25, 0.3) is 5.91 Å². The molecule has 1 atom stereocenters. The van der Waals surface area contributed by atoms with E-state index in [9.17, 15) is 4.79 Å². The number of halogens is 1. The van der Waals surface area contributed by atoms with Gasteiger partial charge in [0.15, 0.2) is 0 Å². The normalized spacial score (nSPS) is 11.9. The molecular formula is C13H18ClNO2. The molecule has 0 heterocycles. The third kappa shape index (κ3) is 5.09. The number of amides is 1. The third-order valence-electron chi connectivity index (χ3n) is 2.26. The SMILES string of the molecule is CCOc1ccc(C(=O)NCCC(C)Cl)cc1. The highest BCUT2D eigenvalue weighted by molar-refractivity contribution is 6.20. The maximum absolute atomic E-state index is 11.7. The minimum atomic E-state index is -0.0784. The fraction of sp³-hybridized carbons (Fsp3) is 0.462. The average molecular weight is 256 g/mol. The molecule has 0 saturated heterocycles. The van der Waals surface area contributed by atoms with Crippen LogP contribution in [0.5, 0.6) is 5.75 Å². The van der Waals surface area contributed by atoms with Crippen molar-refractivity contribution in [1.82, 2.24) is 5.32 Å². The molecule has 3 nitrogen and oxygen atoms in total. The van der Waals surface area contributed by atoms with E-state index in [4.69, 9.17) is 16.3 Å². The number of nitrogens with one attached hydrogen (secondary N) is 1. The van der Waals surface area contributed by atoms with Crippen LogP contribution >= 0.6 is 11.6 Å². The van der Waals surface area contributed by atoms with Crippen LogP contribution < -0.4 is 10.1 Å². The Morgan fingerprint density at radius 2 is 2.06 bits per heavy atom. The number of benzene rings is 1. The van der Waals surface area contributed by atoms with E-state index in [2.05, 4.69) is 5.32 Å². The highest BCUT2D eigenvalue weighted by Crippen LogP contribution is 2.11. The molecule has 0 aromatic heterocycles. The van der Waals surface area contributed by atoms with Gasteiger partial charge in [0.1, 0.15) is 5.75 Å². The summed E-state index contributed by atoms with van der Waals surface area (Å²) in [4.78, 5) is 11.7. The van der Waals surface area contributed by atoms with Crippen LogP contribution in [0.1, 0.15) is 30.6 Å². The lowest BCUT2D eigenvalue weighted by Crippen LogP contribution is -2.25. The summed E-state index contributed by atoms with van der Waals surface area (Å²) in [6.45, 7) is 5.05. The van der Waals surface area contributed by atoms with Gasteiger partial charge >= 0.3 is 0 Å². The molecule has 0 fully saturated rings. The van der Waals surface area contributed by atoms with E-state index >= 15 is 0 Å². The van der Waals surface area contributed by atoms with Crippen molar-refractivity contribution in [3.05, 3.63) is 29.8 Å². The molecule has 0 aliphatic rings. The van der Waals surface area contributed by atoms with Gasteiger partial charge in [0.2, 0.25) is 0 Å². The van der Waals surface area contributed by atoms with E-state index in [0.29, 0.717) is 18.7 Å². The second-order valence-corrected chi connectivity index (χ2v) is 4.53. The van der Waals surface area contributed by atoms with E-state index in [1.54, 1.807) is 24.3 Å². The number of ether oxygens (including phenoxy) is 1. The molecule has 4 heteroatoms. The van der Waals surface area contributed by atoms with Gasteiger partial charge in [-0.15, -0.1) is 11.6 Å². The van der Waals surface area contributed by atoms with E-state index in [1.807, 2.05) is 13.8 Å². The maximum Gasteiger partial charge on any atom is 0.251 e. The Kier molecular flexibility index (Phi) is 5.84. The second kappa shape index (κ2) is 7.17. The monoisotopic (exact) mass is 255 g/mol. The highest BCUT2D eigenvalue weighted by atomic mass is 35.5. The number of hydrogen-bond acceptors (Lipinski definition) is 2. The fourth-order valence-electron chi connectivity index (χ4n) is 1.36. The van der Waals surface area contributed by atoms with Crippen molar-refractivity contribution in [3.63, 3.8) is 0 Å². The first-order chi connectivity index (χ1) is 8.13. The number of alkyl halides is 1. The molecule has 0 radical (unpaired) electrons. The average Bonchev–Trinajstić information content (AvgIpc) is 2.30. The maximum atomic E-state index is 11.7. The number of hydrogen-bond donors (Lipinski definition) is 1. The zero-order valence-electron chi connectivity index (χ0n) is 10.2. The molecule has 0 saturated carbocycles. The van der Waals surface area contributed by atoms with E-state index < -0.39 is 0 Å².